The zero-order valence-corrected chi connectivity index (χ0v) is 21.6. The molecule has 0 aromatic carbocycles. The minimum Gasteiger partial charge on any atom is -0.396 e. The molecule has 3 atom stereocenters. The first-order valence-corrected chi connectivity index (χ1v) is 13.0. The van der Waals surface area contributed by atoms with Crippen LogP contribution < -0.4 is 10.2 Å². The second-order valence-electron chi connectivity index (χ2n) is 9.77. The molecular formula is C28H46N4O. The van der Waals surface area contributed by atoms with Crippen LogP contribution in [0.4, 0.5) is 11.8 Å². The summed E-state index contributed by atoms with van der Waals surface area (Å²) in [5.41, 5.74) is 2.10. The lowest BCUT2D eigenvalue weighted by molar-refractivity contribution is 0.256. The van der Waals surface area contributed by atoms with E-state index in [-0.39, 0.29) is 12.5 Å². The number of nitrogens with zero attached hydrogens (tertiary/aromatic N) is 3. The first-order chi connectivity index (χ1) is 16.0. The van der Waals surface area contributed by atoms with E-state index in [9.17, 15) is 5.11 Å². The number of aliphatic hydroxyl groups is 1. The van der Waals surface area contributed by atoms with Gasteiger partial charge in [0, 0.05) is 37.5 Å². The minimum absolute atomic E-state index is 0.146. The number of hydrogen-bond donors (Lipinski definition) is 2. The first-order valence-electron chi connectivity index (χ1n) is 13.0. The number of aliphatic hydroxyl groups excluding tert-OH is 1. The lowest BCUT2D eigenvalue weighted by Crippen LogP contribution is -2.31. The SMILES string of the molecule is CCC/C=C/C(=C\C=C(/C)C(C)CO)Nc1nccc(N2C[C@@H](C)CC[C@@H](CCCC)C2)n1. The van der Waals surface area contributed by atoms with Crippen molar-refractivity contribution in [2.45, 2.75) is 79.6 Å². The fourth-order valence-corrected chi connectivity index (χ4v) is 4.14. The Kier molecular flexibility index (Phi) is 12.2. The van der Waals surface area contributed by atoms with Gasteiger partial charge in [-0.25, -0.2) is 4.98 Å². The lowest BCUT2D eigenvalue weighted by atomic mass is 9.95. The van der Waals surface area contributed by atoms with Crippen molar-refractivity contribution in [3.8, 4) is 0 Å². The van der Waals surface area contributed by atoms with E-state index in [1.165, 1.54) is 32.1 Å². The van der Waals surface area contributed by atoms with E-state index in [1.54, 1.807) is 0 Å². The van der Waals surface area contributed by atoms with Gasteiger partial charge in [-0.05, 0) is 62.7 Å². The van der Waals surface area contributed by atoms with Crippen LogP contribution in [0.25, 0.3) is 0 Å². The maximum atomic E-state index is 9.42. The Labute approximate surface area is 202 Å². The zero-order valence-electron chi connectivity index (χ0n) is 21.6. The Morgan fingerprint density at radius 1 is 1.24 bits per heavy atom. The van der Waals surface area contributed by atoms with Gasteiger partial charge in [0.15, 0.2) is 0 Å². The van der Waals surface area contributed by atoms with E-state index in [0.717, 1.165) is 48.9 Å². The molecule has 5 heteroatoms. The van der Waals surface area contributed by atoms with E-state index in [2.05, 4.69) is 67.2 Å². The third-order valence-electron chi connectivity index (χ3n) is 6.60. The van der Waals surface area contributed by atoms with Crippen LogP contribution in [0.1, 0.15) is 79.6 Å². The summed E-state index contributed by atoms with van der Waals surface area (Å²) >= 11 is 0. The summed E-state index contributed by atoms with van der Waals surface area (Å²) in [4.78, 5) is 11.9. The molecule has 2 N–H and O–H groups in total. The van der Waals surface area contributed by atoms with Crippen LogP contribution in [-0.2, 0) is 0 Å². The summed E-state index contributed by atoms with van der Waals surface area (Å²) in [5, 5.41) is 12.8. The number of hydrogen-bond acceptors (Lipinski definition) is 5. The molecule has 0 spiro atoms. The van der Waals surface area contributed by atoms with Gasteiger partial charge in [-0.2, -0.15) is 4.98 Å². The van der Waals surface area contributed by atoms with Crippen molar-refractivity contribution < 1.29 is 5.11 Å². The Morgan fingerprint density at radius 2 is 2.06 bits per heavy atom. The van der Waals surface area contributed by atoms with E-state index >= 15 is 0 Å². The van der Waals surface area contributed by atoms with Crippen LogP contribution in [0.2, 0.25) is 0 Å². The van der Waals surface area contributed by atoms with Gasteiger partial charge in [-0.15, -0.1) is 0 Å². The Morgan fingerprint density at radius 3 is 2.79 bits per heavy atom. The number of unbranched alkanes of at least 4 members (excludes halogenated alkanes) is 2. The van der Waals surface area contributed by atoms with Crippen molar-refractivity contribution in [3.05, 3.63) is 47.8 Å². The molecule has 0 bridgehead atoms. The number of anilines is 2. The molecule has 1 unspecified atom stereocenters. The minimum atomic E-state index is 0.146. The van der Waals surface area contributed by atoms with Crippen molar-refractivity contribution in [2.24, 2.45) is 17.8 Å². The highest BCUT2D eigenvalue weighted by molar-refractivity contribution is 5.47. The molecule has 0 aliphatic carbocycles. The molecule has 1 aliphatic heterocycles. The second kappa shape index (κ2) is 14.9. The highest BCUT2D eigenvalue weighted by Crippen LogP contribution is 2.27. The van der Waals surface area contributed by atoms with Crippen molar-refractivity contribution in [1.82, 2.24) is 9.97 Å². The van der Waals surface area contributed by atoms with Gasteiger partial charge in [0.1, 0.15) is 5.82 Å². The van der Waals surface area contributed by atoms with E-state index < -0.39 is 0 Å². The van der Waals surface area contributed by atoms with Gasteiger partial charge in [0.25, 0.3) is 0 Å². The van der Waals surface area contributed by atoms with E-state index in [1.807, 2.05) is 19.2 Å². The summed E-state index contributed by atoms with van der Waals surface area (Å²) in [7, 11) is 0. The molecule has 2 rings (SSSR count). The van der Waals surface area contributed by atoms with E-state index in [4.69, 9.17) is 4.98 Å². The third-order valence-corrected chi connectivity index (χ3v) is 6.60. The van der Waals surface area contributed by atoms with Gasteiger partial charge < -0.3 is 15.3 Å². The molecule has 184 valence electrons. The summed E-state index contributed by atoms with van der Waals surface area (Å²) in [6.07, 6.45) is 18.9. The quantitative estimate of drug-likeness (QED) is 0.342. The molecule has 5 nitrogen and oxygen atoms in total. The number of aromatic nitrogens is 2. The monoisotopic (exact) mass is 454 g/mol. The van der Waals surface area contributed by atoms with Gasteiger partial charge in [0.05, 0.1) is 0 Å². The van der Waals surface area contributed by atoms with Gasteiger partial charge in [0.2, 0.25) is 5.95 Å². The predicted molar refractivity (Wildman–Crippen MR) is 141 cm³/mol. The lowest BCUT2D eigenvalue weighted by Gasteiger charge is -2.26. The van der Waals surface area contributed by atoms with Crippen molar-refractivity contribution >= 4 is 11.8 Å². The average molecular weight is 455 g/mol. The molecule has 1 saturated heterocycles. The standard InChI is InChI=1S/C28H46N4O/c1-6-8-10-12-26(16-14-23(4)24(5)21-33)30-28-29-18-17-27(31-28)32-19-22(3)13-15-25(20-32)11-9-7-2/h10,12,14,16-18,22,24-25,33H,6-9,11,13,15,19-21H2,1-5H3,(H,29,30,31)/b12-10+,23-14+,26-16+/t22-,24?,25+/m0/s1. The summed E-state index contributed by atoms with van der Waals surface area (Å²) in [5.74, 6) is 3.21. The third kappa shape index (κ3) is 9.71. The molecule has 1 aliphatic rings. The maximum Gasteiger partial charge on any atom is 0.229 e. The summed E-state index contributed by atoms with van der Waals surface area (Å²) in [6.45, 7) is 13.2. The molecule has 0 amide bonds. The highest BCUT2D eigenvalue weighted by Gasteiger charge is 2.23. The molecule has 0 saturated carbocycles. The number of rotatable bonds is 12. The molecule has 2 heterocycles. The van der Waals surface area contributed by atoms with Gasteiger partial charge >= 0.3 is 0 Å². The number of allylic oxidation sites excluding steroid dienone is 4. The van der Waals surface area contributed by atoms with Gasteiger partial charge in [-0.1, -0.05) is 64.7 Å². The molecule has 1 aromatic rings. The summed E-state index contributed by atoms with van der Waals surface area (Å²) < 4.78 is 0. The van der Waals surface area contributed by atoms with Crippen LogP contribution in [-0.4, -0.2) is 34.8 Å². The van der Waals surface area contributed by atoms with Crippen LogP contribution in [0.5, 0.6) is 0 Å². The topological polar surface area (TPSA) is 61.3 Å². The predicted octanol–water partition coefficient (Wildman–Crippen LogP) is 6.75. The van der Waals surface area contributed by atoms with Crippen LogP contribution in [0, 0.1) is 17.8 Å². The number of nitrogens with one attached hydrogen (secondary N) is 1. The fraction of sp³-hybridized carbons (Fsp3) is 0.643. The van der Waals surface area contributed by atoms with Crippen molar-refractivity contribution in [2.75, 3.05) is 29.9 Å². The first kappa shape index (κ1) is 27.1. The Balaban J connectivity index is 2.21. The summed E-state index contributed by atoms with van der Waals surface area (Å²) in [6, 6.07) is 2.05. The van der Waals surface area contributed by atoms with E-state index in [0.29, 0.717) is 11.9 Å². The van der Waals surface area contributed by atoms with Gasteiger partial charge in [-0.3, -0.25) is 0 Å². The highest BCUT2D eigenvalue weighted by atomic mass is 16.3. The van der Waals surface area contributed by atoms with Crippen LogP contribution >= 0.6 is 0 Å². The van der Waals surface area contributed by atoms with Crippen LogP contribution in [0.15, 0.2) is 47.8 Å². The normalized spacial score (nSPS) is 21.3. The molecular weight excluding hydrogens is 408 g/mol. The molecule has 1 aromatic heterocycles. The largest absolute Gasteiger partial charge is 0.396 e. The second-order valence-corrected chi connectivity index (χ2v) is 9.77. The fourth-order valence-electron chi connectivity index (χ4n) is 4.14. The maximum absolute atomic E-state index is 9.42. The smallest absolute Gasteiger partial charge is 0.229 e. The Bertz CT molecular complexity index is 786. The zero-order chi connectivity index (χ0) is 24.1. The molecule has 0 radical (unpaired) electrons. The Hall–Kier alpha value is -2.14. The van der Waals surface area contributed by atoms with Crippen molar-refractivity contribution in [3.63, 3.8) is 0 Å². The average Bonchev–Trinajstić information content (AvgIpc) is 3.01. The van der Waals surface area contributed by atoms with Crippen LogP contribution in [0.3, 0.4) is 0 Å². The molecule has 33 heavy (non-hydrogen) atoms. The van der Waals surface area contributed by atoms with Crippen molar-refractivity contribution in [1.29, 1.82) is 0 Å². The molecule has 1 fully saturated rings.